The Bertz CT molecular complexity index is 629. The molecule has 2 amide bonds. The van der Waals surface area contributed by atoms with E-state index in [0.29, 0.717) is 31.9 Å². The molecule has 7 nitrogen and oxygen atoms in total. The molecule has 1 spiro atoms. The molecule has 0 unspecified atom stereocenters. The van der Waals surface area contributed by atoms with Crippen molar-refractivity contribution in [1.29, 1.82) is 0 Å². The van der Waals surface area contributed by atoms with Gasteiger partial charge in [-0.1, -0.05) is 13.8 Å². The number of likely N-dealkylation sites (tertiary alicyclic amines) is 1. The summed E-state index contributed by atoms with van der Waals surface area (Å²) in [7, 11) is 0. The van der Waals surface area contributed by atoms with Gasteiger partial charge in [-0.2, -0.15) is 5.10 Å². The van der Waals surface area contributed by atoms with Gasteiger partial charge in [0.25, 0.3) is 0 Å². The van der Waals surface area contributed by atoms with Crippen LogP contribution in [0.1, 0.15) is 32.4 Å². The van der Waals surface area contributed by atoms with E-state index in [9.17, 15) is 9.59 Å². The first-order valence-corrected chi connectivity index (χ1v) is 8.27. The van der Waals surface area contributed by atoms with Crippen LogP contribution in [0.15, 0.2) is 12.3 Å². The SMILES string of the molecule is CC(C)[C@@H]1CO[C@@]23CCN(C(=O)Cc4ccn[nH]4)[C@@H]2CC(=O)N13. The minimum absolute atomic E-state index is 0.0300. The highest BCUT2D eigenvalue weighted by Gasteiger charge is 2.65. The van der Waals surface area contributed by atoms with Gasteiger partial charge in [0.05, 0.1) is 31.5 Å². The third kappa shape index (κ3) is 2.02. The first kappa shape index (κ1) is 14.7. The van der Waals surface area contributed by atoms with Crippen LogP contribution in [0.3, 0.4) is 0 Å². The summed E-state index contributed by atoms with van der Waals surface area (Å²) in [5.41, 5.74) is 0.208. The quantitative estimate of drug-likeness (QED) is 0.882. The van der Waals surface area contributed by atoms with Crippen molar-refractivity contribution in [2.75, 3.05) is 13.2 Å². The molecule has 1 aromatic heterocycles. The molecule has 3 atom stereocenters. The van der Waals surface area contributed by atoms with Crippen LogP contribution in [0, 0.1) is 5.92 Å². The number of aromatic nitrogens is 2. The normalized spacial score (nSPS) is 32.7. The summed E-state index contributed by atoms with van der Waals surface area (Å²) in [6.45, 7) is 5.45. The number of carbonyl (C=O) groups is 2. The molecule has 4 heterocycles. The van der Waals surface area contributed by atoms with E-state index in [1.807, 2.05) is 9.80 Å². The van der Waals surface area contributed by atoms with Crippen LogP contribution in [0.5, 0.6) is 0 Å². The maximum absolute atomic E-state index is 12.7. The zero-order chi connectivity index (χ0) is 16.2. The molecule has 7 heteroatoms. The highest BCUT2D eigenvalue weighted by Crippen LogP contribution is 2.48. The lowest BCUT2D eigenvalue weighted by Gasteiger charge is -2.34. The highest BCUT2D eigenvalue weighted by atomic mass is 16.5. The Morgan fingerprint density at radius 1 is 1.57 bits per heavy atom. The number of ether oxygens (including phenoxy) is 1. The van der Waals surface area contributed by atoms with Gasteiger partial charge in [0.1, 0.15) is 0 Å². The Balaban J connectivity index is 1.57. The van der Waals surface area contributed by atoms with Crippen molar-refractivity contribution < 1.29 is 14.3 Å². The van der Waals surface area contributed by atoms with E-state index in [1.54, 1.807) is 12.3 Å². The maximum atomic E-state index is 12.7. The highest BCUT2D eigenvalue weighted by molar-refractivity contribution is 5.85. The molecule has 0 aliphatic carbocycles. The molecule has 0 radical (unpaired) electrons. The largest absolute Gasteiger partial charge is 0.351 e. The summed E-state index contributed by atoms with van der Waals surface area (Å²) in [4.78, 5) is 29.0. The first-order valence-electron chi connectivity index (χ1n) is 8.27. The van der Waals surface area contributed by atoms with Gasteiger partial charge in [-0.05, 0) is 12.0 Å². The topological polar surface area (TPSA) is 78.5 Å². The van der Waals surface area contributed by atoms with E-state index in [-0.39, 0.29) is 30.3 Å². The standard InChI is InChI=1S/C16H22N4O3/c1-10(2)12-9-23-16-4-6-19(13(16)8-15(22)20(12)16)14(21)7-11-3-5-17-18-11/h3,5,10,12-13H,4,6-9H2,1-2H3,(H,17,18)/t12-,13+,16-/m0/s1. The third-order valence-electron chi connectivity index (χ3n) is 5.48. The molecule has 0 aromatic carbocycles. The van der Waals surface area contributed by atoms with Crippen LogP contribution < -0.4 is 0 Å². The van der Waals surface area contributed by atoms with Gasteiger partial charge in [0.2, 0.25) is 11.8 Å². The molecular weight excluding hydrogens is 296 g/mol. The third-order valence-corrected chi connectivity index (χ3v) is 5.48. The van der Waals surface area contributed by atoms with Gasteiger partial charge in [0.15, 0.2) is 5.72 Å². The molecule has 1 N–H and O–H groups in total. The number of nitrogens with zero attached hydrogens (tertiary/aromatic N) is 3. The second-order valence-corrected chi connectivity index (χ2v) is 7.05. The van der Waals surface area contributed by atoms with Crippen molar-refractivity contribution in [2.24, 2.45) is 5.92 Å². The Kier molecular flexibility index (Phi) is 3.23. The second-order valence-electron chi connectivity index (χ2n) is 7.05. The Hall–Kier alpha value is -1.89. The zero-order valence-corrected chi connectivity index (χ0v) is 13.5. The number of rotatable bonds is 3. The van der Waals surface area contributed by atoms with Crippen LogP contribution in [0.25, 0.3) is 0 Å². The van der Waals surface area contributed by atoms with Gasteiger partial charge >= 0.3 is 0 Å². The predicted octanol–water partition coefficient (Wildman–Crippen LogP) is 0.536. The molecule has 0 saturated carbocycles. The molecule has 124 valence electrons. The van der Waals surface area contributed by atoms with Crippen LogP contribution in [0.4, 0.5) is 0 Å². The van der Waals surface area contributed by atoms with Crippen molar-refractivity contribution in [3.63, 3.8) is 0 Å². The van der Waals surface area contributed by atoms with E-state index in [0.717, 1.165) is 5.69 Å². The lowest BCUT2D eigenvalue weighted by Crippen LogP contribution is -2.51. The first-order chi connectivity index (χ1) is 11.0. The van der Waals surface area contributed by atoms with E-state index in [4.69, 9.17) is 4.74 Å². The molecule has 3 aliphatic heterocycles. The summed E-state index contributed by atoms with van der Waals surface area (Å²) >= 11 is 0. The van der Waals surface area contributed by atoms with E-state index < -0.39 is 5.72 Å². The van der Waals surface area contributed by atoms with Crippen LogP contribution >= 0.6 is 0 Å². The van der Waals surface area contributed by atoms with Crippen molar-refractivity contribution in [3.05, 3.63) is 18.0 Å². The molecule has 23 heavy (non-hydrogen) atoms. The van der Waals surface area contributed by atoms with Crippen molar-refractivity contribution in [3.8, 4) is 0 Å². The molecule has 3 saturated heterocycles. The van der Waals surface area contributed by atoms with E-state index in [2.05, 4.69) is 24.0 Å². The minimum Gasteiger partial charge on any atom is -0.351 e. The van der Waals surface area contributed by atoms with Gasteiger partial charge in [0, 0.05) is 24.9 Å². The van der Waals surface area contributed by atoms with Gasteiger partial charge in [-0.15, -0.1) is 0 Å². The van der Waals surface area contributed by atoms with E-state index >= 15 is 0 Å². The number of nitrogens with one attached hydrogen (secondary N) is 1. The Morgan fingerprint density at radius 3 is 3.09 bits per heavy atom. The fraction of sp³-hybridized carbons (Fsp3) is 0.688. The predicted molar refractivity (Wildman–Crippen MR) is 81.2 cm³/mol. The summed E-state index contributed by atoms with van der Waals surface area (Å²) in [6, 6.07) is 1.76. The van der Waals surface area contributed by atoms with Crippen molar-refractivity contribution in [2.45, 2.75) is 50.9 Å². The Labute approximate surface area is 135 Å². The number of carbonyl (C=O) groups excluding carboxylic acids is 2. The van der Waals surface area contributed by atoms with Crippen LogP contribution in [0.2, 0.25) is 0 Å². The molecule has 3 aliphatic rings. The van der Waals surface area contributed by atoms with E-state index in [1.165, 1.54) is 0 Å². The zero-order valence-electron chi connectivity index (χ0n) is 13.5. The molecule has 1 aromatic rings. The summed E-state index contributed by atoms with van der Waals surface area (Å²) in [5, 5.41) is 6.70. The van der Waals surface area contributed by atoms with Crippen molar-refractivity contribution >= 4 is 11.8 Å². The average Bonchev–Trinajstić information content (AvgIpc) is 3.22. The summed E-state index contributed by atoms with van der Waals surface area (Å²) in [6.07, 6.45) is 3.01. The summed E-state index contributed by atoms with van der Waals surface area (Å²) < 4.78 is 6.14. The average molecular weight is 318 g/mol. The maximum Gasteiger partial charge on any atom is 0.228 e. The van der Waals surface area contributed by atoms with Gasteiger partial charge in [-0.3, -0.25) is 14.7 Å². The molecule has 0 bridgehead atoms. The number of amides is 2. The van der Waals surface area contributed by atoms with Gasteiger partial charge < -0.3 is 14.5 Å². The molecular formula is C16H22N4O3. The van der Waals surface area contributed by atoms with Crippen LogP contribution in [-0.2, 0) is 20.7 Å². The second kappa shape index (κ2) is 5.06. The van der Waals surface area contributed by atoms with Gasteiger partial charge in [-0.25, -0.2) is 0 Å². The molecule has 3 fully saturated rings. The van der Waals surface area contributed by atoms with Crippen LogP contribution in [-0.4, -0.2) is 62.8 Å². The number of hydrogen-bond acceptors (Lipinski definition) is 4. The van der Waals surface area contributed by atoms with Crippen molar-refractivity contribution in [1.82, 2.24) is 20.0 Å². The fourth-order valence-corrected chi connectivity index (χ4v) is 4.32. The number of aromatic amines is 1. The molecule has 4 rings (SSSR count). The summed E-state index contributed by atoms with van der Waals surface area (Å²) in [5.74, 6) is 0.499. The lowest BCUT2D eigenvalue weighted by atomic mass is 10.0. The number of H-pyrrole nitrogens is 1. The lowest BCUT2D eigenvalue weighted by molar-refractivity contribution is -0.141. The monoisotopic (exact) mass is 318 g/mol. The fourth-order valence-electron chi connectivity index (χ4n) is 4.32. The minimum atomic E-state index is -0.588. The smallest absolute Gasteiger partial charge is 0.228 e. The Morgan fingerprint density at radius 2 is 2.39 bits per heavy atom. The number of hydrogen-bond donors (Lipinski definition) is 1.